The second-order valence-electron chi connectivity index (χ2n) is 4.14. The third-order valence-corrected chi connectivity index (χ3v) is 2.69. The maximum atomic E-state index is 10.9. The van der Waals surface area contributed by atoms with Gasteiger partial charge in [-0.05, 0) is 18.9 Å². The lowest BCUT2D eigenvalue weighted by atomic mass is 10.2. The zero-order valence-corrected chi connectivity index (χ0v) is 10.4. The summed E-state index contributed by atoms with van der Waals surface area (Å²) in [4.78, 5) is 26.7. The maximum Gasteiger partial charge on any atom is 0.347 e. The fourth-order valence-electron chi connectivity index (χ4n) is 1.55. The van der Waals surface area contributed by atoms with Crippen LogP contribution in [0.5, 0.6) is 0 Å². The molecule has 0 unspecified atom stereocenters. The van der Waals surface area contributed by atoms with Gasteiger partial charge in [-0.3, -0.25) is 4.79 Å². The molecule has 1 aliphatic heterocycles. The van der Waals surface area contributed by atoms with Crippen molar-refractivity contribution in [3.05, 3.63) is 28.9 Å². The van der Waals surface area contributed by atoms with Gasteiger partial charge in [-0.1, -0.05) is 6.42 Å². The number of carbonyl (C=O) groups is 1. The van der Waals surface area contributed by atoms with Crippen molar-refractivity contribution in [3.8, 4) is 0 Å². The van der Waals surface area contributed by atoms with Gasteiger partial charge in [-0.25, -0.2) is 9.78 Å². The standard InChI is InChI=1S/C7H13NO.C5H6N2O/c1-8-6-4-2-3-5-7(8)9;1-7-4-2-3-6-5(7)8/h2-6H2,1H3;2-4H,1H3. The summed E-state index contributed by atoms with van der Waals surface area (Å²) in [5.74, 6) is 0.313. The quantitative estimate of drug-likeness (QED) is 0.670. The Morgan fingerprint density at radius 3 is 2.53 bits per heavy atom. The van der Waals surface area contributed by atoms with E-state index in [4.69, 9.17) is 0 Å². The Labute approximate surface area is 101 Å². The van der Waals surface area contributed by atoms with Crippen LogP contribution in [0.3, 0.4) is 0 Å². The largest absolute Gasteiger partial charge is 0.347 e. The van der Waals surface area contributed by atoms with Crippen molar-refractivity contribution in [2.45, 2.75) is 25.7 Å². The molecule has 1 aromatic heterocycles. The molecule has 0 saturated carbocycles. The summed E-state index contributed by atoms with van der Waals surface area (Å²) in [7, 11) is 3.54. The average molecular weight is 237 g/mol. The van der Waals surface area contributed by atoms with Crippen molar-refractivity contribution in [1.29, 1.82) is 0 Å². The molecule has 2 rings (SSSR count). The molecule has 0 aromatic carbocycles. The highest BCUT2D eigenvalue weighted by atomic mass is 16.2. The minimum absolute atomic E-state index is 0.215. The van der Waals surface area contributed by atoms with E-state index in [0.717, 1.165) is 19.4 Å². The summed E-state index contributed by atoms with van der Waals surface area (Å²) < 4.78 is 1.42. The molecule has 0 atom stereocenters. The lowest BCUT2D eigenvalue weighted by Crippen LogP contribution is -2.25. The molecular formula is C12H19N3O2. The van der Waals surface area contributed by atoms with Crippen LogP contribution in [0, 0.1) is 0 Å². The van der Waals surface area contributed by atoms with Crippen LogP contribution in [0.1, 0.15) is 25.7 Å². The molecule has 94 valence electrons. The van der Waals surface area contributed by atoms with Crippen LogP contribution in [0.4, 0.5) is 0 Å². The number of carbonyl (C=O) groups excluding carboxylic acids is 1. The summed E-state index contributed by atoms with van der Waals surface area (Å²) in [5.41, 5.74) is -0.215. The first-order valence-electron chi connectivity index (χ1n) is 5.83. The third-order valence-electron chi connectivity index (χ3n) is 2.69. The SMILES string of the molecule is CN1CCCCCC1=O.Cn1cccnc1=O. The molecule has 5 heteroatoms. The van der Waals surface area contributed by atoms with E-state index in [1.54, 1.807) is 19.3 Å². The summed E-state index contributed by atoms with van der Waals surface area (Å²) in [6.45, 7) is 0.957. The Kier molecular flexibility index (Phi) is 5.39. The zero-order chi connectivity index (χ0) is 12.7. The van der Waals surface area contributed by atoms with E-state index in [1.165, 1.54) is 23.6 Å². The van der Waals surface area contributed by atoms with Gasteiger partial charge in [0.2, 0.25) is 5.91 Å². The number of aryl methyl sites for hydroxylation is 1. The highest BCUT2D eigenvalue weighted by Gasteiger charge is 2.10. The van der Waals surface area contributed by atoms with E-state index < -0.39 is 0 Å². The number of nitrogens with zero attached hydrogens (tertiary/aromatic N) is 3. The van der Waals surface area contributed by atoms with Crippen LogP contribution in [0.25, 0.3) is 0 Å². The number of hydrogen-bond acceptors (Lipinski definition) is 3. The van der Waals surface area contributed by atoms with Crippen LogP contribution < -0.4 is 5.69 Å². The van der Waals surface area contributed by atoms with Gasteiger partial charge in [0.05, 0.1) is 0 Å². The molecule has 5 nitrogen and oxygen atoms in total. The Hall–Kier alpha value is -1.65. The molecule has 0 aliphatic carbocycles. The third kappa shape index (κ3) is 4.80. The number of aromatic nitrogens is 2. The van der Waals surface area contributed by atoms with Crippen molar-refractivity contribution in [1.82, 2.24) is 14.5 Å². The molecule has 17 heavy (non-hydrogen) atoms. The molecule has 0 N–H and O–H groups in total. The normalized spacial score (nSPS) is 15.9. The number of rotatable bonds is 0. The van der Waals surface area contributed by atoms with E-state index in [1.807, 2.05) is 11.9 Å². The molecule has 1 saturated heterocycles. The first-order chi connectivity index (χ1) is 8.11. The van der Waals surface area contributed by atoms with Gasteiger partial charge in [-0.2, -0.15) is 0 Å². The second-order valence-corrected chi connectivity index (χ2v) is 4.14. The smallest absolute Gasteiger partial charge is 0.346 e. The number of hydrogen-bond donors (Lipinski definition) is 0. The minimum atomic E-state index is -0.215. The van der Waals surface area contributed by atoms with Crippen molar-refractivity contribution in [2.75, 3.05) is 13.6 Å². The summed E-state index contributed by atoms with van der Waals surface area (Å²) in [5, 5.41) is 0. The molecule has 0 bridgehead atoms. The van der Waals surface area contributed by atoms with E-state index in [2.05, 4.69) is 4.98 Å². The van der Waals surface area contributed by atoms with E-state index in [-0.39, 0.29) is 5.69 Å². The van der Waals surface area contributed by atoms with Gasteiger partial charge < -0.3 is 9.47 Å². The maximum absolute atomic E-state index is 10.9. The molecule has 2 heterocycles. The predicted molar refractivity (Wildman–Crippen MR) is 65.6 cm³/mol. The summed E-state index contributed by atoms with van der Waals surface area (Å²) in [6.07, 6.45) is 7.38. The van der Waals surface area contributed by atoms with Gasteiger partial charge in [-0.15, -0.1) is 0 Å². The van der Waals surface area contributed by atoms with Gasteiger partial charge in [0.1, 0.15) is 0 Å². The first-order valence-corrected chi connectivity index (χ1v) is 5.83. The van der Waals surface area contributed by atoms with Gasteiger partial charge >= 0.3 is 5.69 Å². The lowest BCUT2D eigenvalue weighted by Gasteiger charge is -2.11. The van der Waals surface area contributed by atoms with Gasteiger partial charge in [0.25, 0.3) is 0 Å². The molecule has 0 radical (unpaired) electrons. The Bertz CT molecular complexity index is 414. The first kappa shape index (κ1) is 13.4. The summed E-state index contributed by atoms with van der Waals surface area (Å²) >= 11 is 0. The van der Waals surface area contributed by atoms with E-state index in [0.29, 0.717) is 5.91 Å². The monoisotopic (exact) mass is 237 g/mol. The Morgan fingerprint density at radius 1 is 1.18 bits per heavy atom. The van der Waals surface area contributed by atoms with E-state index in [9.17, 15) is 9.59 Å². The number of likely N-dealkylation sites (tertiary alicyclic amines) is 1. The highest BCUT2D eigenvalue weighted by Crippen LogP contribution is 2.08. The lowest BCUT2D eigenvalue weighted by molar-refractivity contribution is -0.129. The van der Waals surface area contributed by atoms with Crippen LogP contribution in [0.15, 0.2) is 23.3 Å². The topological polar surface area (TPSA) is 55.2 Å². The van der Waals surface area contributed by atoms with Crippen molar-refractivity contribution in [2.24, 2.45) is 7.05 Å². The Morgan fingerprint density at radius 2 is 1.94 bits per heavy atom. The van der Waals surface area contributed by atoms with Gasteiger partial charge in [0.15, 0.2) is 0 Å². The highest BCUT2D eigenvalue weighted by molar-refractivity contribution is 5.75. The van der Waals surface area contributed by atoms with Crippen molar-refractivity contribution in [3.63, 3.8) is 0 Å². The molecular weight excluding hydrogens is 218 g/mol. The molecule has 1 amide bonds. The fourth-order valence-corrected chi connectivity index (χ4v) is 1.55. The average Bonchev–Trinajstić information content (AvgIpc) is 2.50. The van der Waals surface area contributed by atoms with Crippen LogP contribution in [0.2, 0.25) is 0 Å². The van der Waals surface area contributed by atoms with Crippen molar-refractivity contribution >= 4 is 5.91 Å². The number of amides is 1. The molecule has 1 fully saturated rings. The van der Waals surface area contributed by atoms with Crippen LogP contribution >= 0.6 is 0 Å². The molecule has 1 aromatic rings. The second kappa shape index (κ2) is 6.83. The van der Waals surface area contributed by atoms with Crippen LogP contribution in [-0.4, -0.2) is 34.0 Å². The van der Waals surface area contributed by atoms with Crippen molar-refractivity contribution < 1.29 is 4.79 Å². The fraction of sp³-hybridized carbons (Fsp3) is 0.583. The van der Waals surface area contributed by atoms with Gasteiger partial charge in [0, 0.05) is 39.5 Å². The predicted octanol–water partition coefficient (Wildman–Crippen LogP) is 0.799. The minimum Gasteiger partial charge on any atom is -0.346 e. The van der Waals surface area contributed by atoms with Crippen LogP contribution in [-0.2, 0) is 11.8 Å². The van der Waals surface area contributed by atoms with E-state index >= 15 is 0 Å². The summed E-state index contributed by atoms with van der Waals surface area (Å²) in [6, 6.07) is 1.71. The molecule has 1 aliphatic rings. The molecule has 0 spiro atoms. The Balaban J connectivity index is 0.000000171. The zero-order valence-electron chi connectivity index (χ0n) is 10.4.